The molecule has 140 valence electrons. The van der Waals surface area contributed by atoms with Crippen molar-refractivity contribution in [1.29, 1.82) is 0 Å². The van der Waals surface area contributed by atoms with Gasteiger partial charge >= 0.3 is 0 Å². The first kappa shape index (κ1) is 18.3. The molecule has 4 rings (SSSR count). The molecule has 1 amide bonds. The molecule has 3 aromatic rings. The predicted octanol–water partition coefficient (Wildman–Crippen LogP) is 2.22. The molecule has 9 heteroatoms. The highest BCUT2D eigenvalue weighted by Gasteiger charge is 2.25. The summed E-state index contributed by atoms with van der Waals surface area (Å²) in [6.45, 7) is 3.93. The monoisotopic (exact) mass is 414 g/mol. The smallest absolute Gasteiger partial charge is 0.279 e. The Bertz CT molecular complexity index is 1330. The standard InChI is InChI=1S/C19H12ClFN4O2S/c1-2-7-25-18(27)16(28-19(25)24-14-5-6-22-9-12(14)20)15-11-8-10(21)3-4-13(11)23-17(15)26/h2-6,8-9,27H,1,7H2. The van der Waals surface area contributed by atoms with E-state index in [0.29, 0.717) is 26.1 Å². The molecule has 0 aliphatic carbocycles. The van der Waals surface area contributed by atoms with Crippen LogP contribution in [0.25, 0.3) is 5.57 Å². The molecule has 0 bridgehead atoms. The zero-order valence-corrected chi connectivity index (χ0v) is 15.8. The van der Waals surface area contributed by atoms with Crippen LogP contribution >= 0.6 is 22.9 Å². The van der Waals surface area contributed by atoms with E-state index in [-0.39, 0.29) is 22.9 Å². The van der Waals surface area contributed by atoms with Crippen molar-refractivity contribution in [1.82, 2.24) is 9.55 Å². The molecule has 0 spiro atoms. The van der Waals surface area contributed by atoms with Gasteiger partial charge in [0.25, 0.3) is 5.91 Å². The summed E-state index contributed by atoms with van der Waals surface area (Å²) in [5.74, 6) is -1.22. The molecular weight excluding hydrogens is 403 g/mol. The van der Waals surface area contributed by atoms with Crippen molar-refractivity contribution in [2.45, 2.75) is 6.54 Å². The molecule has 3 heterocycles. The maximum absolute atomic E-state index is 13.7. The SMILES string of the molecule is C=CCn1c(O)c(C2=c3cc(F)ccc3=NC2=O)sc1=Nc1ccncc1Cl. The van der Waals surface area contributed by atoms with Gasteiger partial charge in [-0.3, -0.25) is 14.3 Å². The number of carbonyl (C=O) groups is 1. The fraction of sp³-hybridized carbons (Fsp3) is 0.0526. The first-order valence-corrected chi connectivity index (χ1v) is 9.30. The second kappa shape index (κ2) is 7.14. The summed E-state index contributed by atoms with van der Waals surface area (Å²) in [6.07, 6.45) is 4.59. The van der Waals surface area contributed by atoms with Crippen LogP contribution in [-0.4, -0.2) is 20.6 Å². The van der Waals surface area contributed by atoms with Crippen molar-refractivity contribution in [3.63, 3.8) is 0 Å². The Balaban J connectivity index is 2.02. The molecule has 0 unspecified atom stereocenters. The third-order valence-corrected chi connectivity index (χ3v) is 5.43. The van der Waals surface area contributed by atoms with Crippen molar-refractivity contribution in [2.75, 3.05) is 0 Å². The fourth-order valence-electron chi connectivity index (χ4n) is 2.81. The second-order valence-electron chi connectivity index (χ2n) is 5.83. The lowest BCUT2D eigenvalue weighted by atomic mass is 10.1. The highest BCUT2D eigenvalue weighted by atomic mass is 35.5. The number of nitrogens with zero attached hydrogens (tertiary/aromatic N) is 4. The largest absolute Gasteiger partial charge is 0.493 e. The number of carbonyl (C=O) groups excluding carboxylic acids is 1. The molecule has 1 aliphatic rings. The van der Waals surface area contributed by atoms with Gasteiger partial charge in [-0.1, -0.05) is 29.0 Å². The number of pyridine rings is 1. The lowest BCUT2D eigenvalue weighted by Crippen LogP contribution is -2.23. The average molecular weight is 415 g/mol. The summed E-state index contributed by atoms with van der Waals surface area (Å²) in [7, 11) is 0. The molecule has 1 aliphatic heterocycles. The molecule has 1 aromatic carbocycles. The van der Waals surface area contributed by atoms with Crippen molar-refractivity contribution >= 4 is 40.1 Å². The number of thiazole rings is 1. The van der Waals surface area contributed by atoms with Crippen molar-refractivity contribution in [3.05, 3.63) is 80.4 Å². The van der Waals surface area contributed by atoms with E-state index in [1.807, 2.05) is 0 Å². The minimum Gasteiger partial charge on any atom is -0.493 e. The van der Waals surface area contributed by atoms with E-state index in [1.54, 1.807) is 18.3 Å². The number of benzene rings is 1. The van der Waals surface area contributed by atoms with Crippen LogP contribution < -0.4 is 15.4 Å². The number of allylic oxidation sites excluding steroid dienone is 1. The topological polar surface area (TPSA) is 79.8 Å². The van der Waals surface area contributed by atoms with Crippen molar-refractivity contribution in [2.24, 2.45) is 9.98 Å². The Morgan fingerprint density at radius 3 is 2.96 bits per heavy atom. The van der Waals surface area contributed by atoms with Gasteiger partial charge in [-0.15, -0.1) is 6.58 Å². The zero-order valence-electron chi connectivity index (χ0n) is 14.3. The normalized spacial score (nSPS) is 13.6. The van der Waals surface area contributed by atoms with Gasteiger partial charge < -0.3 is 5.11 Å². The van der Waals surface area contributed by atoms with Crippen LogP contribution in [0.5, 0.6) is 5.88 Å². The lowest BCUT2D eigenvalue weighted by molar-refractivity contribution is -0.112. The summed E-state index contributed by atoms with van der Waals surface area (Å²) < 4.78 is 15.2. The molecule has 6 nitrogen and oxygen atoms in total. The molecular formula is C19H12ClFN4O2S. The Kier molecular flexibility index (Phi) is 4.66. The molecule has 0 radical (unpaired) electrons. The van der Waals surface area contributed by atoms with E-state index >= 15 is 0 Å². The van der Waals surface area contributed by atoms with Gasteiger partial charge in [-0.25, -0.2) is 14.4 Å². The van der Waals surface area contributed by atoms with Crippen LogP contribution in [0.2, 0.25) is 5.02 Å². The minimum atomic E-state index is -0.545. The van der Waals surface area contributed by atoms with E-state index in [4.69, 9.17) is 11.6 Å². The third kappa shape index (κ3) is 3.06. The van der Waals surface area contributed by atoms with Crippen LogP contribution in [0.4, 0.5) is 10.1 Å². The van der Waals surface area contributed by atoms with Crippen LogP contribution in [0.15, 0.2) is 59.3 Å². The van der Waals surface area contributed by atoms with Crippen molar-refractivity contribution < 1.29 is 14.3 Å². The molecule has 1 N–H and O–H groups in total. The summed E-state index contributed by atoms with van der Waals surface area (Å²) >= 11 is 7.20. The van der Waals surface area contributed by atoms with Gasteiger partial charge in [0.2, 0.25) is 5.88 Å². The maximum Gasteiger partial charge on any atom is 0.279 e. The van der Waals surface area contributed by atoms with E-state index in [1.165, 1.54) is 29.0 Å². The predicted molar refractivity (Wildman–Crippen MR) is 103 cm³/mol. The van der Waals surface area contributed by atoms with E-state index in [2.05, 4.69) is 21.5 Å². The third-order valence-electron chi connectivity index (χ3n) is 4.05. The fourth-order valence-corrected chi connectivity index (χ4v) is 4.07. The van der Waals surface area contributed by atoms with Gasteiger partial charge in [0, 0.05) is 24.2 Å². The first-order chi connectivity index (χ1) is 13.5. The van der Waals surface area contributed by atoms with E-state index < -0.39 is 11.7 Å². The number of amides is 1. The molecule has 28 heavy (non-hydrogen) atoms. The summed E-state index contributed by atoms with van der Waals surface area (Å²) in [5.41, 5.74) is 0.596. The maximum atomic E-state index is 13.7. The highest BCUT2D eigenvalue weighted by Crippen LogP contribution is 2.29. The Morgan fingerprint density at radius 2 is 2.21 bits per heavy atom. The average Bonchev–Trinajstić information content (AvgIpc) is 3.14. The first-order valence-electron chi connectivity index (χ1n) is 8.10. The highest BCUT2D eigenvalue weighted by molar-refractivity contribution is 7.11. The van der Waals surface area contributed by atoms with Gasteiger partial charge in [-0.05, 0) is 24.3 Å². The second-order valence-corrected chi connectivity index (χ2v) is 7.21. The minimum absolute atomic E-state index is 0.136. The van der Waals surface area contributed by atoms with Crippen LogP contribution in [-0.2, 0) is 11.3 Å². The van der Waals surface area contributed by atoms with Crippen LogP contribution in [0.1, 0.15) is 4.88 Å². The Hall–Kier alpha value is -3.10. The molecule has 0 saturated heterocycles. The summed E-state index contributed by atoms with van der Waals surface area (Å²) in [6, 6.07) is 5.52. The number of hydrogen-bond donors (Lipinski definition) is 1. The molecule has 2 aromatic heterocycles. The summed E-state index contributed by atoms with van der Waals surface area (Å²) in [5, 5.41) is 11.8. The Morgan fingerprint density at radius 1 is 1.39 bits per heavy atom. The van der Waals surface area contributed by atoms with Crippen LogP contribution in [0, 0.1) is 5.82 Å². The van der Waals surface area contributed by atoms with Crippen LogP contribution in [0.3, 0.4) is 0 Å². The number of halogens is 2. The van der Waals surface area contributed by atoms with Gasteiger partial charge in [-0.2, -0.15) is 0 Å². The molecule has 0 saturated carbocycles. The number of fused-ring (bicyclic) bond motifs is 1. The van der Waals surface area contributed by atoms with E-state index in [0.717, 1.165) is 11.3 Å². The number of rotatable bonds is 4. The number of aromatic hydroxyl groups is 1. The Labute approximate surface area is 166 Å². The zero-order chi connectivity index (χ0) is 19.8. The van der Waals surface area contributed by atoms with Gasteiger partial charge in [0.1, 0.15) is 10.7 Å². The quantitative estimate of drug-likeness (QED) is 0.665. The number of hydrogen-bond acceptors (Lipinski definition) is 5. The van der Waals surface area contributed by atoms with E-state index in [9.17, 15) is 14.3 Å². The lowest BCUT2D eigenvalue weighted by Gasteiger charge is -2.02. The van der Waals surface area contributed by atoms with Crippen molar-refractivity contribution in [3.8, 4) is 5.88 Å². The van der Waals surface area contributed by atoms with Gasteiger partial charge in [0.05, 0.1) is 21.6 Å². The molecule has 0 fully saturated rings. The van der Waals surface area contributed by atoms with Gasteiger partial charge in [0.15, 0.2) is 4.80 Å². The number of aromatic nitrogens is 2. The molecule has 0 atom stereocenters. The summed E-state index contributed by atoms with van der Waals surface area (Å²) in [4.78, 5) is 25.5.